The number of hydrogen-bond donors (Lipinski definition) is 0. The largest absolute Gasteiger partial charge is 0.494 e. The lowest BCUT2D eigenvalue weighted by atomic mass is 10.00. The molecule has 0 bridgehead atoms. The fourth-order valence-corrected chi connectivity index (χ4v) is 3.86. The van der Waals surface area contributed by atoms with E-state index in [2.05, 4.69) is 13.8 Å². The minimum Gasteiger partial charge on any atom is -0.494 e. The molecule has 33 heavy (non-hydrogen) atoms. The van der Waals surface area contributed by atoms with Gasteiger partial charge in [-0.1, -0.05) is 65.2 Å². The average Bonchev–Trinajstić information content (AvgIpc) is 2.79. The Hall–Kier alpha value is -2.81. The number of anilines is 1. The number of nitrogens with zero attached hydrogens (tertiary/aromatic N) is 2. The van der Waals surface area contributed by atoms with E-state index in [1.54, 1.807) is 19.1 Å². The molecule has 6 nitrogen and oxygen atoms in total. The predicted octanol–water partition coefficient (Wildman–Crippen LogP) is 6.49. The summed E-state index contributed by atoms with van der Waals surface area (Å²) in [7, 11) is 0. The summed E-state index contributed by atoms with van der Waals surface area (Å²) in [6.07, 6.45) is 11.2. The number of carbonyl (C=O) groups excluding carboxylic acids is 2. The van der Waals surface area contributed by atoms with E-state index in [1.165, 1.54) is 32.1 Å². The third kappa shape index (κ3) is 7.92. The van der Waals surface area contributed by atoms with Crippen LogP contribution >= 0.6 is 0 Å². The van der Waals surface area contributed by atoms with E-state index in [0.717, 1.165) is 37.0 Å². The van der Waals surface area contributed by atoms with Gasteiger partial charge in [-0.2, -0.15) is 5.26 Å². The second-order valence-corrected chi connectivity index (χ2v) is 8.63. The maximum absolute atomic E-state index is 13.0. The predicted molar refractivity (Wildman–Crippen MR) is 130 cm³/mol. The molecule has 2 amide bonds. The fraction of sp³-hybridized carbons (Fsp3) is 0.593. The number of imide groups is 1. The quantitative estimate of drug-likeness (QED) is 0.224. The summed E-state index contributed by atoms with van der Waals surface area (Å²) in [6, 6.07) is 7.21. The number of unbranched alkanes of at least 4 members (excludes halogenated alkanes) is 8. The highest BCUT2D eigenvalue weighted by molar-refractivity contribution is 6.25. The van der Waals surface area contributed by atoms with E-state index in [0.29, 0.717) is 36.0 Å². The first-order chi connectivity index (χ1) is 16.0. The molecule has 0 aromatic heterocycles. The van der Waals surface area contributed by atoms with Gasteiger partial charge in [0.25, 0.3) is 5.91 Å². The molecule has 0 radical (unpaired) electrons. The van der Waals surface area contributed by atoms with E-state index < -0.39 is 5.91 Å². The molecule has 1 heterocycles. The van der Waals surface area contributed by atoms with Crippen molar-refractivity contribution in [2.24, 2.45) is 0 Å². The first-order valence-electron chi connectivity index (χ1n) is 12.4. The van der Waals surface area contributed by atoms with Gasteiger partial charge in [0.1, 0.15) is 23.1 Å². The number of benzene rings is 1. The van der Waals surface area contributed by atoms with Gasteiger partial charge in [0, 0.05) is 6.07 Å². The Morgan fingerprint density at radius 1 is 0.909 bits per heavy atom. The maximum Gasteiger partial charge on any atom is 0.275 e. The van der Waals surface area contributed by atoms with E-state index in [-0.39, 0.29) is 17.9 Å². The lowest BCUT2D eigenvalue weighted by Crippen LogP contribution is -2.41. The van der Waals surface area contributed by atoms with Crippen molar-refractivity contribution in [1.29, 1.82) is 5.26 Å². The standard InChI is InChI=1S/C27H38N2O4/c1-4-6-8-10-12-16-32-22-14-15-25(33-17-13-11-9-7-5-2)24(19-22)29-26(30)18-21(3)23(20-28)27(29)31/h14-15,19H,4-13,16-18H2,1-3H3. The van der Waals surface area contributed by atoms with Crippen LogP contribution in [0.2, 0.25) is 0 Å². The third-order valence-electron chi connectivity index (χ3n) is 5.81. The molecule has 0 saturated heterocycles. The second kappa shape index (κ2) is 14.4. The first-order valence-corrected chi connectivity index (χ1v) is 12.4. The van der Waals surface area contributed by atoms with Crippen LogP contribution in [-0.2, 0) is 9.59 Å². The van der Waals surface area contributed by atoms with Crippen LogP contribution in [0.1, 0.15) is 91.4 Å². The van der Waals surface area contributed by atoms with Crippen molar-refractivity contribution in [2.75, 3.05) is 18.1 Å². The van der Waals surface area contributed by atoms with Gasteiger partial charge in [-0.25, -0.2) is 4.90 Å². The molecule has 1 aliphatic heterocycles. The Morgan fingerprint density at radius 2 is 1.52 bits per heavy atom. The second-order valence-electron chi connectivity index (χ2n) is 8.63. The monoisotopic (exact) mass is 454 g/mol. The molecule has 0 N–H and O–H groups in total. The van der Waals surface area contributed by atoms with Crippen molar-refractivity contribution in [3.8, 4) is 17.6 Å². The van der Waals surface area contributed by atoms with Gasteiger partial charge >= 0.3 is 0 Å². The molecular weight excluding hydrogens is 416 g/mol. The van der Waals surface area contributed by atoms with Crippen LogP contribution < -0.4 is 14.4 Å². The van der Waals surface area contributed by atoms with Gasteiger partial charge in [-0.3, -0.25) is 9.59 Å². The summed E-state index contributed by atoms with van der Waals surface area (Å²) in [5.41, 5.74) is 0.867. The van der Waals surface area contributed by atoms with Crippen molar-refractivity contribution in [1.82, 2.24) is 0 Å². The molecule has 0 aliphatic carbocycles. The minimum atomic E-state index is -0.601. The van der Waals surface area contributed by atoms with Gasteiger partial charge in [-0.05, 0) is 37.5 Å². The van der Waals surface area contributed by atoms with Crippen molar-refractivity contribution >= 4 is 17.5 Å². The average molecular weight is 455 g/mol. The van der Waals surface area contributed by atoms with Crippen molar-refractivity contribution < 1.29 is 19.1 Å². The normalized spacial score (nSPS) is 13.9. The Labute approximate surface area is 198 Å². The van der Waals surface area contributed by atoms with Crippen LogP contribution in [0.4, 0.5) is 5.69 Å². The van der Waals surface area contributed by atoms with Gasteiger partial charge < -0.3 is 9.47 Å². The first kappa shape index (κ1) is 26.4. The number of amides is 2. The van der Waals surface area contributed by atoms with E-state index >= 15 is 0 Å². The molecule has 0 unspecified atom stereocenters. The van der Waals surface area contributed by atoms with Crippen LogP contribution in [0.5, 0.6) is 11.5 Å². The van der Waals surface area contributed by atoms with Crippen molar-refractivity contribution in [2.45, 2.75) is 91.4 Å². The zero-order chi connectivity index (χ0) is 24.1. The summed E-state index contributed by atoms with van der Waals surface area (Å²) in [4.78, 5) is 26.9. The summed E-state index contributed by atoms with van der Waals surface area (Å²) >= 11 is 0. The molecule has 0 fully saturated rings. The van der Waals surface area contributed by atoms with Crippen LogP contribution in [0.25, 0.3) is 0 Å². The van der Waals surface area contributed by atoms with Crippen LogP contribution in [-0.4, -0.2) is 25.0 Å². The molecule has 1 aromatic carbocycles. The topological polar surface area (TPSA) is 79.6 Å². The van der Waals surface area contributed by atoms with Gasteiger partial charge in [0.2, 0.25) is 5.91 Å². The number of hydrogen-bond acceptors (Lipinski definition) is 5. The summed E-state index contributed by atoms with van der Waals surface area (Å²) in [5, 5.41) is 9.43. The molecular formula is C27H38N2O4. The zero-order valence-corrected chi connectivity index (χ0v) is 20.5. The molecule has 0 spiro atoms. The highest BCUT2D eigenvalue weighted by atomic mass is 16.5. The molecule has 0 saturated carbocycles. The molecule has 1 aliphatic rings. The maximum atomic E-state index is 13.0. The lowest BCUT2D eigenvalue weighted by molar-refractivity contribution is -0.125. The number of ether oxygens (including phenoxy) is 2. The van der Waals surface area contributed by atoms with Gasteiger partial charge in [0.05, 0.1) is 25.3 Å². The van der Waals surface area contributed by atoms with E-state index in [4.69, 9.17) is 9.47 Å². The third-order valence-corrected chi connectivity index (χ3v) is 5.81. The van der Waals surface area contributed by atoms with Crippen LogP contribution in [0.15, 0.2) is 29.3 Å². The number of rotatable bonds is 15. The Balaban J connectivity index is 2.17. The number of carbonyl (C=O) groups is 2. The Kier molecular flexibility index (Phi) is 11.5. The van der Waals surface area contributed by atoms with Crippen LogP contribution in [0.3, 0.4) is 0 Å². The summed E-state index contributed by atoms with van der Waals surface area (Å²) in [5.74, 6) is 0.0808. The Bertz CT molecular complexity index is 869. The molecule has 180 valence electrons. The zero-order valence-electron chi connectivity index (χ0n) is 20.5. The molecule has 0 atom stereocenters. The van der Waals surface area contributed by atoms with Gasteiger partial charge in [0.15, 0.2) is 0 Å². The SMILES string of the molecule is CCCCCCCOc1ccc(OCCCCCCC)c(N2C(=O)CC(C)=C(C#N)C2=O)c1. The molecule has 6 heteroatoms. The van der Waals surface area contributed by atoms with Crippen molar-refractivity contribution in [3.63, 3.8) is 0 Å². The van der Waals surface area contributed by atoms with Gasteiger partial charge in [-0.15, -0.1) is 0 Å². The van der Waals surface area contributed by atoms with E-state index in [1.807, 2.05) is 12.1 Å². The minimum absolute atomic E-state index is 0.0161. The summed E-state index contributed by atoms with van der Waals surface area (Å²) in [6.45, 7) is 7.09. The number of nitriles is 1. The van der Waals surface area contributed by atoms with Crippen molar-refractivity contribution in [3.05, 3.63) is 29.3 Å². The molecule has 2 rings (SSSR count). The highest BCUT2D eigenvalue weighted by Crippen LogP contribution is 2.36. The summed E-state index contributed by atoms with van der Waals surface area (Å²) < 4.78 is 11.9. The van der Waals surface area contributed by atoms with Crippen LogP contribution in [0, 0.1) is 11.3 Å². The fourth-order valence-electron chi connectivity index (χ4n) is 3.86. The highest BCUT2D eigenvalue weighted by Gasteiger charge is 2.34. The van der Waals surface area contributed by atoms with E-state index in [9.17, 15) is 14.9 Å². The lowest BCUT2D eigenvalue weighted by Gasteiger charge is -2.27. The smallest absolute Gasteiger partial charge is 0.275 e. The molecule has 1 aromatic rings. The Morgan fingerprint density at radius 3 is 2.12 bits per heavy atom.